The number of carbonyl (C=O) groups is 1. The second-order valence-corrected chi connectivity index (χ2v) is 6.09. The lowest BCUT2D eigenvalue weighted by atomic mass is 9.81. The van der Waals surface area contributed by atoms with Crippen LogP contribution in [0, 0.1) is 5.92 Å². The molecule has 0 heterocycles. The van der Waals surface area contributed by atoms with Crippen molar-refractivity contribution in [3.05, 3.63) is 35.9 Å². The molecule has 2 atom stereocenters. The highest BCUT2D eigenvalue weighted by Crippen LogP contribution is 2.27. The monoisotopic (exact) mass is 304 g/mol. The Morgan fingerprint density at radius 2 is 2.00 bits per heavy atom. The van der Waals surface area contributed by atoms with Gasteiger partial charge in [0.1, 0.15) is 0 Å². The van der Waals surface area contributed by atoms with Crippen LogP contribution < -0.4 is 5.32 Å². The fourth-order valence-corrected chi connectivity index (χ4v) is 3.33. The SMILES string of the molecule is CCN(CCO)C(=O)NC1CCCCC1Cc1ccccc1. The third kappa shape index (κ3) is 4.73. The van der Waals surface area contributed by atoms with Gasteiger partial charge in [-0.3, -0.25) is 0 Å². The zero-order chi connectivity index (χ0) is 15.8. The number of amides is 2. The van der Waals surface area contributed by atoms with Crippen LogP contribution in [0.3, 0.4) is 0 Å². The van der Waals surface area contributed by atoms with Gasteiger partial charge < -0.3 is 15.3 Å². The minimum atomic E-state index is -0.0403. The van der Waals surface area contributed by atoms with E-state index in [4.69, 9.17) is 5.11 Å². The van der Waals surface area contributed by atoms with E-state index < -0.39 is 0 Å². The number of likely N-dealkylation sites (N-methyl/N-ethyl adjacent to an activating group) is 1. The van der Waals surface area contributed by atoms with E-state index in [0.717, 1.165) is 12.8 Å². The normalized spacial score (nSPS) is 21.4. The molecule has 1 fully saturated rings. The molecule has 0 bridgehead atoms. The van der Waals surface area contributed by atoms with Crippen LogP contribution >= 0.6 is 0 Å². The van der Waals surface area contributed by atoms with Crippen LogP contribution in [0.2, 0.25) is 0 Å². The van der Waals surface area contributed by atoms with Crippen LogP contribution in [0.25, 0.3) is 0 Å². The van der Waals surface area contributed by atoms with Gasteiger partial charge in [0.25, 0.3) is 0 Å². The zero-order valence-corrected chi connectivity index (χ0v) is 13.5. The van der Waals surface area contributed by atoms with Gasteiger partial charge >= 0.3 is 6.03 Å². The molecule has 2 amide bonds. The number of nitrogens with one attached hydrogen (secondary N) is 1. The van der Waals surface area contributed by atoms with E-state index in [-0.39, 0.29) is 18.7 Å². The van der Waals surface area contributed by atoms with E-state index in [9.17, 15) is 4.79 Å². The number of nitrogens with zero attached hydrogens (tertiary/aromatic N) is 1. The molecule has 2 unspecified atom stereocenters. The van der Waals surface area contributed by atoms with Crippen LogP contribution in [0.1, 0.15) is 38.2 Å². The first-order valence-electron chi connectivity index (χ1n) is 8.44. The van der Waals surface area contributed by atoms with Gasteiger partial charge in [-0.15, -0.1) is 0 Å². The highest BCUT2D eigenvalue weighted by Gasteiger charge is 2.27. The molecule has 0 aromatic heterocycles. The highest BCUT2D eigenvalue weighted by atomic mass is 16.3. The van der Waals surface area contributed by atoms with Gasteiger partial charge in [-0.2, -0.15) is 0 Å². The van der Waals surface area contributed by atoms with Crippen molar-refractivity contribution in [3.63, 3.8) is 0 Å². The summed E-state index contributed by atoms with van der Waals surface area (Å²) in [4.78, 5) is 14.0. The summed E-state index contributed by atoms with van der Waals surface area (Å²) in [5, 5.41) is 12.2. The van der Waals surface area contributed by atoms with Crippen molar-refractivity contribution in [3.8, 4) is 0 Å². The quantitative estimate of drug-likeness (QED) is 0.849. The van der Waals surface area contributed by atoms with Crippen molar-refractivity contribution in [2.24, 2.45) is 5.92 Å². The van der Waals surface area contributed by atoms with Crippen molar-refractivity contribution in [2.45, 2.75) is 45.1 Å². The summed E-state index contributed by atoms with van der Waals surface area (Å²) in [5.41, 5.74) is 1.34. The molecule has 22 heavy (non-hydrogen) atoms. The molecule has 0 aliphatic heterocycles. The average molecular weight is 304 g/mol. The first-order valence-corrected chi connectivity index (χ1v) is 8.44. The third-order valence-electron chi connectivity index (χ3n) is 4.60. The van der Waals surface area contributed by atoms with Crippen molar-refractivity contribution in [2.75, 3.05) is 19.7 Å². The first-order chi connectivity index (χ1) is 10.7. The molecule has 4 nitrogen and oxygen atoms in total. The van der Waals surface area contributed by atoms with E-state index in [0.29, 0.717) is 19.0 Å². The second kappa shape index (κ2) is 8.79. The highest BCUT2D eigenvalue weighted by molar-refractivity contribution is 5.74. The maximum atomic E-state index is 12.3. The maximum Gasteiger partial charge on any atom is 0.317 e. The Balaban J connectivity index is 1.96. The van der Waals surface area contributed by atoms with Crippen LogP contribution in [0.5, 0.6) is 0 Å². The van der Waals surface area contributed by atoms with Gasteiger partial charge in [0.15, 0.2) is 0 Å². The molecule has 4 heteroatoms. The van der Waals surface area contributed by atoms with Gasteiger partial charge in [-0.25, -0.2) is 4.79 Å². The van der Waals surface area contributed by atoms with Crippen molar-refractivity contribution >= 4 is 6.03 Å². The number of rotatable bonds is 6. The summed E-state index contributed by atoms with van der Waals surface area (Å²) in [6.45, 7) is 2.98. The summed E-state index contributed by atoms with van der Waals surface area (Å²) in [6, 6.07) is 10.7. The Morgan fingerprint density at radius 3 is 2.68 bits per heavy atom. The van der Waals surface area contributed by atoms with Gasteiger partial charge in [-0.05, 0) is 37.7 Å². The Hall–Kier alpha value is -1.55. The minimum absolute atomic E-state index is 0.0133. The molecule has 2 N–H and O–H groups in total. The molecule has 1 aromatic carbocycles. The zero-order valence-electron chi connectivity index (χ0n) is 13.5. The summed E-state index contributed by atoms with van der Waals surface area (Å²) in [5.74, 6) is 0.507. The standard InChI is InChI=1S/C18H28N2O2/c1-2-20(12-13-21)18(22)19-17-11-7-6-10-16(17)14-15-8-4-3-5-9-15/h3-5,8-9,16-17,21H,2,6-7,10-14H2,1H3,(H,19,22). The van der Waals surface area contributed by atoms with E-state index in [1.807, 2.05) is 13.0 Å². The predicted molar refractivity (Wildman–Crippen MR) is 88.8 cm³/mol. The lowest BCUT2D eigenvalue weighted by Gasteiger charge is -2.34. The number of urea groups is 1. The molecule has 0 spiro atoms. The van der Waals surface area contributed by atoms with E-state index in [1.165, 1.54) is 24.8 Å². The van der Waals surface area contributed by atoms with Crippen molar-refractivity contribution in [1.29, 1.82) is 0 Å². The number of hydrogen-bond acceptors (Lipinski definition) is 2. The number of aliphatic hydroxyl groups is 1. The Labute approximate surface area is 133 Å². The summed E-state index contributed by atoms with van der Waals surface area (Å²) in [6.07, 6.45) is 5.68. The average Bonchev–Trinajstić information content (AvgIpc) is 2.55. The van der Waals surface area contributed by atoms with Gasteiger partial charge in [0.2, 0.25) is 0 Å². The van der Waals surface area contributed by atoms with E-state index >= 15 is 0 Å². The van der Waals surface area contributed by atoms with Gasteiger partial charge in [0.05, 0.1) is 6.61 Å². The predicted octanol–water partition coefficient (Wildman–Crippen LogP) is 2.81. The van der Waals surface area contributed by atoms with Crippen LogP contribution in [0.4, 0.5) is 4.79 Å². The lowest BCUT2D eigenvalue weighted by Crippen LogP contribution is -2.49. The topological polar surface area (TPSA) is 52.6 Å². The molecule has 2 rings (SSSR count). The number of carbonyl (C=O) groups excluding carboxylic acids is 1. The smallest absolute Gasteiger partial charge is 0.317 e. The van der Waals surface area contributed by atoms with E-state index in [1.54, 1.807) is 4.90 Å². The molecule has 0 radical (unpaired) electrons. The summed E-state index contributed by atoms with van der Waals surface area (Å²) >= 11 is 0. The molecular formula is C18H28N2O2. The fraction of sp³-hybridized carbons (Fsp3) is 0.611. The van der Waals surface area contributed by atoms with Crippen molar-refractivity contribution < 1.29 is 9.90 Å². The Bertz CT molecular complexity index is 450. The maximum absolute atomic E-state index is 12.3. The molecule has 1 aliphatic carbocycles. The first kappa shape index (κ1) is 16.8. The number of benzene rings is 1. The minimum Gasteiger partial charge on any atom is -0.395 e. The molecule has 1 aliphatic rings. The van der Waals surface area contributed by atoms with Crippen LogP contribution in [-0.2, 0) is 6.42 Å². The molecule has 122 valence electrons. The Kier molecular flexibility index (Phi) is 6.72. The molecule has 1 saturated carbocycles. The Morgan fingerprint density at radius 1 is 1.27 bits per heavy atom. The van der Waals surface area contributed by atoms with Crippen LogP contribution in [-0.4, -0.2) is 41.8 Å². The third-order valence-corrected chi connectivity index (χ3v) is 4.60. The molecule has 0 saturated heterocycles. The molecule has 1 aromatic rings. The number of aliphatic hydroxyl groups excluding tert-OH is 1. The second-order valence-electron chi connectivity index (χ2n) is 6.09. The number of hydrogen-bond donors (Lipinski definition) is 2. The van der Waals surface area contributed by atoms with Gasteiger partial charge in [-0.1, -0.05) is 43.2 Å². The van der Waals surface area contributed by atoms with E-state index in [2.05, 4.69) is 29.6 Å². The molecular weight excluding hydrogens is 276 g/mol. The van der Waals surface area contributed by atoms with Gasteiger partial charge in [0, 0.05) is 19.1 Å². The van der Waals surface area contributed by atoms with Crippen LogP contribution in [0.15, 0.2) is 30.3 Å². The van der Waals surface area contributed by atoms with Crippen molar-refractivity contribution in [1.82, 2.24) is 10.2 Å². The fourth-order valence-electron chi connectivity index (χ4n) is 3.33. The summed E-state index contributed by atoms with van der Waals surface area (Å²) in [7, 11) is 0. The lowest BCUT2D eigenvalue weighted by molar-refractivity contribution is 0.166. The largest absolute Gasteiger partial charge is 0.395 e. The summed E-state index contributed by atoms with van der Waals surface area (Å²) < 4.78 is 0.